The van der Waals surface area contributed by atoms with E-state index in [-0.39, 0.29) is 12.2 Å². The molecule has 1 aliphatic rings. The zero-order chi connectivity index (χ0) is 28.4. The molecule has 0 saturated heterocycles. The Hall–Kier alpha value is -3.97. The van der Waals surface area contributed by atoms with Gasteiger partial charge in [0.25, 0.3) is 5.56 Å². The van der Waals surface area contributed by atoms with Crippen molar-refractivity contribution in [2.45, 2.75) is 52.5 Å². The number of aromatic nitrogens is 1. The first-order valence-electron chi connectivity index (χ1n) is 13.7. The number of thiazole rings is 1. The van der Waals surface area contributed by atoms with Crippen LogP contribution in [0.3, 0.4) is 0 Å². The van der Waals surface area contributed by atoms with Crippen LogP contribution in [0.4, 0.5) is 0 Å². The quantitative estimate of drug-likeness (QED) is 0.256. The minimum absolute atomic E-state index is 0.200. The Kier molecular flexibility index (Phi) is 8.03. The Morgan fingerprint density at radius 1 is 1.07 bits per heavy atom. The van der Waals surface area contributed by atoms with E-state index in [1.807, 2.05) is 54.6 Å². The fourth-order valence-electron chi connectivity index (χ4n) is 5.23. The Balaban J connectivity index is 1.79. The van der Waals surface area contributed by atoms with Crippen molar-refractivity contribution in [2.75, 3.05) is 13.7 Å². The van der Waals surface area contributed by atoms with E-state index in [1.54, 1.807) is 18.6 Å². The van der Waals surface area contributed by atoms with Crippen LogP contribution in [0, 0.1) is 0 Å². The molecule has 2 heterocycles. The van der Waals surface area contributed by atoms with E-state index in [2.05, 4.69) is 32.9 Å². The molecule has 5 rings (SSSR count). The molecule has 3 aromatic carbocycles. The van der Waals surface area contributed by atoms with Gasteiger partial charge in [0.15, 0.2) is 4.80 Å². The third kappa shape index (κ3) is 5.02. The summed E-state index contributed by atoms with van der Waals surface area (Å²) in [6, 6.07) is 19.5. The number of methoxy groups -OCH3 is 1. The van der Waals surface area contributed by atoms with Crippen molar-refractivity contribution in [1.29, 1.82) is 0 Å². The van der Waals surface area contributed by atoms with Crippen molar-refractivity contribution >= 4 is 34.2 Å². The van der Waals surface area contributed by atoms with E-state index >= 15 is 0 Å². The summed E-state index contributed by atoms with van der Waals surface area (Å²) >= 11 is 1.33. The van der Waals surface area contributed by atoms with Gasteiger partial charge in [0.2, 0.25) is 0 Å². The molecule has 4 aromatic rings. The standard InChI is InChI=1S/C33H34N2O4S/c1-6-10-26-29(32(37)39-7-2)30(23-15-13-21(14-16-23)20(3)4)35-31(36)28(40-33(35)34-26)19-25-24-12-9-8-11-22(24)17-18-27(25)38-5/h8-9,11-20,30H,6-7,10H2,1-5H3/b28-19+/t30-/m0/s1. The van der Waals surface area contributed by atoms with E-state index in [0.717, 1.165) is 28.3 Å². The summed E-state index contributed by atoms with van der Waals surface area (Å²) in [5.74, 6) is 0.615. The Morgan fingerprint density at radius 3 is 2.50 bits per heavy atom. The zero-order valence-electron chi connectivity index (χ0n) is 23.6. The molecule has 40 heavy (non-hydrogen) atoms. The number of esters is 1. The summed E-state index contributed by atoms with van der Waals surface area (Å²) in [7, 11) is 1.63. The number of benzene rings is 3. The molecule has 7 heteroatoms. The number of nitrogens with zero attached hydrogens (tertiary/aromatic N) is 2. The maximum atomic E-state index is 14.2. The molecule has 0 spiro atoms. The molecule has 0 bridgehead atoms. The Morgan fingerprint density at radius 2 is 1.82 bits per heavy atom. The van der Waals surface area contributed by atoms with Crippen molar-refractivity contribution < 1.29 is 14.3 Å². The van der Waals surface area contributed by atoms with Gasteiger partial charge in [-0.2, -0.15) is 0 Å². The van der Waals surface area contributed by atoms with Crippen molar-refractivity contribution in [3.05, 3.63) is 108 Å². The van der Waals surface area contributed by atoms with Gasteiger partial charge in [0.1, 0.15) is 5.75 Å². The normalized spacial score (nSPS) is 15.3. The van der Waals surface area contributed by atoms with Gasteiger partial charge in [0, 0.05) is 5.56 Å². The first kappa shape index (κ1) is 27.6. The van der Waals surface area contributed by atoms with Gasteiger partial charge in [-0.05, 0) is 53.3 Å². The monoisotopic (exact) mass is 554 g/mol. The van der Waals surface area contributed by atoms with Crippen molar-refractivity contribution in [3.63, 3.8) is 0 Å². The highest BCUT2D eigenvalue weighted by Crippen LogP contribution is 2.33. The Labute approximate surface area is 237 Å². The summed E-state index contributed by atoms with van der Waals surface area (Å²) < 4.78 is 13.4. The van der Waals surface area contributed by atoms with Crippen LogP contribution in [0.5, 0.6) is 5.75 Å². The third-order valence-electron chi connectivity index (χ3n) is 7.24. The molecule has 0 saturated carbocycles. The van der Waals surface area contributed by atoms with E-state index < -0.39 is 12.0 Å². The average Bonchev–Trinajstić information content (AvgIpc) is 3.27. The second-order valence-corrected chi connectivity index (χ2v) is 11.1. The van der Waals surface area contributed by atoms with Gasteiger partial charge in [-0.25, -0.2) is 9.79 Å². The summed E-state index contributed by atoms with van der Waals surface area (Å²) in [4.78, 5) is 33.0. The van der Waals surface area contributed by atoms with Crippen LogP contribution in [0.2, 0.25) is 0 Å². The molecule has 1 atom stereocenters. The molecule has 0 fully saturated rings. The summed E-state index contributed by atoms with van der Waals surface area (Å²) in [6.45, 7) is 8.37. The SMILES string of the molecule is CCCC1=C(C(=O)OCC)[C@H](c2ccc(C(C)C)cc2)n2c(s/c(=C/c3c(OC)ccc4ccccc34)c2=O)=N1. The summed E-state index contributed by atoms with van der Waals surface area (Å²) in [5.41, 5.74) is 3.79. The predicted molar refractivity (Wildman–Crippen MR) is 161 cm³/mol. The smallest absolute Gasteiger partial charge is 0.338 e. The fraction of sp³-hybridized carbons (Fsp3) is 0.303. The zero-order valence-corrected chi connectivity index (χ0v) is 24.4. The molecule has 6 nitrogen and oxygen atoms in total. The van der Waals surface area contributed by atoms with Gasteiger partial charge in [0.05, 0.1) is 35.6 Å². The van der Waals surface area contributed by atoms with Crippen LogP contribution in [0.1, 0.15) is 69.2 Å². The Bertz CT molecular complexity index is 1780. The van der Waals surface area contributed by atoms with E-state index in [0.29, 0.717) is 38.7 Å². The van der Waals surface area contributed by atoms with Gasteiger partial charge in [-0.3, -0.25) is 9.36 Å². The van der Waals surface area contributed by atoms with Gasteiger partial charge >= 0.3 is 5.97 Å². The van der Waals surface area contributed by atoms with Crippen LogP contribution >= 0.6 is 11.3 Å². The van der Waals surface area contributed by atoms with Crippen molar-refractivity contribution in [1.82, 2.24) is 4.57 Å². The number of ether oxygens (including phenoxy) is 2. The predicted octanol–water partition coefficient (Wildman–Crippen LogP) is 5.86. The first-order valence-corrected chi connectivity index (χ1v) is 14.6. The van der Waals surface area contributed by atoms with Crippen LogP contribution < -0.4 is 19.6 Å². The van der Waals surface area contributed by atoms with Gasteiger partial charge in [-0.1, -0.05) is 93.1 Å². The number of hydrogen-bond donors (Lipinski definition) is 0. The van der Waals surface area contributed by atoms with Crippen molar-refractivity contribution in [3.8, 4) is 5.75 Å². The number of fused-ring (bicyclic) bond motifs is 2. The highest BCUT2D eigenvalue weighted by molar-refractivity contribution is 7.07. The largest absolute Gasteiger partial charge is 0.496 e. The van der Waals surface area contributed by atoms with E-state index in [9.17, 15) is 9.59 Å². The van der Waals surface area contributed by atoms with Crippen LogP contribution in [0.15, 0.2) is 81.7 Å². The molecule has 1 aliphatic heterocycles. The van der Waals surface area contributed by atoms with Gasteiger partial charge < -0.3 is 9.47 Å². The summed E-state index contributed by atoms with van der Waals surface area (Å²) in [5, 5.41) is 2.05. The molecular weight excluding hydrogens is 520 g/mol. The van der Waals surface area contributed by atoms with Crippen LogP contribution in [-0.4, -0.2) is 24.3 Å². The van der Waals surface area contributed by atoms with E-state index in [1.165, 1.54) is 16.9 Å². The number of allylic oxidation sites excluding steroid dienone is 1. The number of hydrogen-bond acceptors (Lipinski definition) is 6. The first-order chi connectivity index (χ1) is 19.4. The second kappa shape index (κ2) is 11.6. The lowest BCUT2D eigenvalue weighted by molar-refractivity contribution is -0.139. The second-order valence-electron chi connectivity index (χ2n) is 10.1. The molecule has 0 aliphatic carbocycles. The summed E-state index contributed by atoms with van der Waals surface area (Å²) in [6.07, 6.45) is 3.30. The van der Waals surface area contributed by atoms with E-state index in [4.69, 9.17) is 14.5 Å². The molecular formula is C33H34N2O4S. The molecule has 1 aromatic heterocycles. The fourth-order valence-corrected chi connectivity index (χ4v) is 6.23. The molecule has 0 unspecified atom stereocenters. The number of rotatable bonds is 8. The highest BCUT2D eigenvalue weighted by Gasteiger charge is 2.34. The van der Waals surface area contributed by atoms with Gasteiger partial charge in [-0.15, -0.1) is 0 Å². The minimum Gasteiger partial charge on any atom is -0.496 e. The highest BCUT2D eigenvalue weighted by atomic mass is 32.1. The average molecular weight is 555 g/mol. The lowest BCUT2D eigenvalue weighted by atomic mass is 9.92. The third-order valence-corrected chi connectivity index (χ3v) is 8.22. The maximum absolute atomic E-state index is 14.2. The van der Waals surface area contributed by atoms with Crippen molar-refractivity contribution in [2.24, 2.45) is 4.99 Å². The molecule has 0 radical (unpaired) electrons. The molecule has 0 amide bonds. The van der Waals surface area contributed by atoms with Crippen LogP contribution in [0.25, 0.3) is 16.8 Å². The minimum atomic E-state index is -0.630. The lowest BCUT2D eigenvalue weighted by Gasteiger charge is -2.26. The molecule has 0 N–H and O–H groups in total. The number of carbonyl (C=O) groups excluding carboxylic acids is 1. The number of carbonyl (C=O) groups is 1. The topological polar surface area (TPSA) is 69.9 Å². The van der Waals surface area contributed by atoms with Crippen LogP contribution in [-0.2, 0) is 9.53 Å². The maximum Gasteiger partial charge on any atom is 0.338 e. The lowest BCUT2D eigenvalue weighted by Crippen LogP contribution is -2.40. The molecule has 206 valence electrons.